The molecule has 17 heavy (non-hydrogen) atoms. The maximum Gasteiger partial charge on any atom is 0.147 e. The lowest BCUT2D eigenvalue weighted by molar-refractivity contribution is 0.612. The molecule has 0 bridgehead atoms. The lowest BCUT2D eigenvalue weighted by atomic mass is 10.1. The molecule has 0 radical (unpaired) electrons. The average Bonchev–Trinajstić information content (AvgIpc) is 2.29. The summed E-state index contributed by atoms with van der Waals surface area (Å²) in [5.74, 6) is 0.258. The summed E-state index contributed by atoms with van der Waals surface area (Å²) in [6, 6.07) is 6.57. The zero-order chi connectivity index (χ0) is 12.4. The summed E-state index contributed by atoms with van der Waals surface area (Å²) in [7, 11) is 0. The van der Waals surface area contributed by atoms with Crippen LogP contribution in [0.4, 0.5) is 4.39 Å². The monoisotopic (exact) mass is 314 g/mol. The lowest BCUT2D eigenvalue weighted by Gasteiger charge is -2.05. The van der Waals surface area contributed by atoms with E-state index < -0.39 is 0 Å². The minimum atomic E-state index is -0.257. The molecular formula is C12H9BrClFN2. The standard InChI is InChI=1S/C12H9BrClFN2/c1-7-11(13)12(14)17-10(16-7)6-8-4-2-3-5-9(8)15/h2-5H,6H2,1H3. The second kappa shape index (κ2) is 5.10. The van der Waals surface area contributed by atoms with Crippen molar-refractivity contribution >= 4 is 27.5 Å². The van der Waals surface area contributed by atoms with Gasteiger partial charge in [-0.25, -0.2) is 14.4 Å². The summed E-state index contributed by atoms with van der Waals surface area (Å²) in [5, 5.41) is 0.351. The second-order valence-corrected chi connectivity index (χ2v) is 4.75. The van der Waals surface area contributed by atoms with Gasteiger partial charge in [-0.05, 0) is 34.5 Å². The van der Waals surface area contributed by atoms with E-state index >= 15 is 0 Å². The van der Waals surface area contributed by atoms with Crippen molar-refractivity contribution in [1.82, 2.24) is 9.97 Å². The maximum atomic E-state index is 13.5. The van der Waals surface area contributed by atoms with E-state index in [-0.39, 0.29) is 5.82 Å². The lowest BCUT2D eigenvalue weighted by Crippen LogP contribution is -2.01. The predicted molar refractivity (Wildman–Crippen MR) is 68.7 cm³/mol. The van der Waals surface area contributed by atoms with Crippen molar-refractivity contribution < 1.29 is 4.39 Å². The van der Waals surface area contributed by atoms with Gasteiger partial charge in [-0.1, -0.05) is 29.8 Å². The number of hydrogen-bond acceptors (Lipinski definition) is 2. The Kier molecular flexibility index (Phi) is 3.74. The fourth-order valence-corrected chi connectivity index (χ4v) is 1.88. The van der Waals surface area contributed by atoms with E-state index in [4.69, 9.17) is 11.6 Å². The van der Waals surface area contributed by atoms with Crippen LogP contribution in [0, 0.1) is 12.7 Å². The number of hydrogen-bond donors (Lipinski definition) is 0. The molecule has 0 aliphatic heterocycles. The van der Waals surface area contributed by atoms with Crippen LogP contribution in [0.5, 0.6) is 0 Å². The zero-order valence-electron chi connectivity index (χ0n) is 9.04. The highest BCUT2D eigenvalue weighted by Crippen LogP contribution is 2.23. The van der Waals surface area contributed by atoms with E-state index in [1.807, 2.05) is 6.92 Å². The molecule has 2 rings (SSSR count). The fourth-order valence-electron chi connectivity index (χ4n) is 1.47. The summed E-state index contributed by atoms with van der Waals surface area (Å²) in [6.07, 6.45) is 0.334. The number of aromatic nitrogens is 2. The minimum absolute atomic E-state index is 0.257. The molecule has 88 valence electrons. The summed E-state index contributed by atoms with van der Waals surface area (Å²) in [6.45, 7) is 1.82. The molecule has 0 saturated heterocycles. The van der Waals surface area contributed by atoms with Crippen LogP contribution in [-0.4, -0.2) is 9.97 Å². The summed E-state index contributed by atoms with van der Waals surface area (Å²) < 4.78 is 14.1. The topological polar surface area (TPSA) is 25.8 Å². The first-order valence-corrected chi connectivity index (χ1v) is 6.17. The molecule has 0 fully saturated rings. The Bertz CT molecular complexity index is 537. The van der Waals surface area contributed by atoms with Gasteiger partial charge in [-0.15, -0.1) is 0 Å². The van der Waals surface area contributed by atoms with E-state index in [2.05, 4.69) is 25.9 Å². The van der Waals surface area contributed by atoms with Crippen LogP contribution in [0.3, 0.4) is 0 Å². The molecule has 2 nitrogen and oxygen atoms in total. The Morgan fingerprint density at radius 3 is 2.65 bits per heavy atom. The summed E-state index contributed by atoms with van der Waals surface area (Å²) in [4.78, 5) is 8.37. The number of halogens is 3. The molecule has 2 aromatic rings. The van der Waals surface area contributed by atoms with Crippen LogP contribution in [0.1, 0.15) is 17.1 Å². The number of aryl methyl sites for hydroxylation is 1. The van der Waals surface area contributed by atoms with Gasteiger partial charge >= 0.3 is 0 Å². The molecule has 0 atom stereocenters. The SMILES string of the molecule is Cc1nc(Cc2ccccc2F)nc(Cl)c1Br. The Balaban J connectivity index is 2.34. The smallest absolute Gasteiger partial charge is 0.147 e. The molecule has 0 saturated carbocycles. The molecule has 0 amide bonds. The van der Waals surface area contributed by atoms with Gasteiger partial charge in [-0.3, -0.25) is 0 Å². The van der Waals surface area contributed by atoms with Crippen molar-refractivity contribution in [1.29, 1.82) is 0 Å². The Hall–Kier alpha value is -1.00. The molecule has 0 unspecified atom stereocenters. The summed E-state index contributed by atoms with van der Waals surface area (Å²) in [5.41, 5.74) is 1.31. The van der Waals surface area contributed by atoms with Crippen LogP contribution < -0.4 is 0 Å². The zero-order valence-corrected chi connectivity index (χ0v) is 11.4. The Labute approximate surface area is 112 Å². The van der Waals surface area contributed by atoms with Crippen molar-refractivity contribution in [3.63, 3.8) is 0 Å². The van der Waals surface area contributed by atoms with Crippen LogP contribution in [-0.2, 0) is 6.42 Å². The molecule has 1 heterocycles. The molecule has 1 aromatic carbocycles. The first-order chi connectivity index (χ1) is 8.08. The van der Waals surface area contributed by atoms with Gasteiger partial charge in [0, 0.05) is 6.42 Å². The van der Waals surface area contributed by atoms with E-state index in [0.29, 0.717) is 27.4 Å². The molecule has 5 heteroatoms. The van der Waals surface area contributed by atoms with E-state index in [9.17, 15) is 4.39 Å². The van der Waals surface area contributed by atoms with Crippen LogP contribution in [0.2, 0.25) is 5.15 Å². The van der Waals surface area contributed by atoms with E-state index in [1.165, 1.54) is 6.07 Å². The van der Waals surface area contributed by atoms with Crippen molar-refractivity contribution in [2.45, 2.75) is 13.3 Å². The van der Waals surface area contributed by atoms with Crippen LogP contribution >= 0.6 is 27.5 Å². The van der Waals surface area contributed by atoms with Gasteiger partial charge in [-0.2, -0.15) is 0 Å². The Morgan fingerprint density at radius 2 is 2.00 bits per heavy atom. The van der Waals surface area contributed by atoms with Crippen LogP contribution in [0.25, 0.3) is 0 Å². The van der Waals surface area contributed by atoms with Gasteiger partial charge in [0.05, 0.1) is 10.2 Å². The van der Waals surface area contributed by atoms with Crippen molar-refractivity contribution in [3.8, 4) is 0 Å². The maximum absolute atomic E-state index is 13.5. The first kappa shape index (κ1) is 12.5. The average molecular weight is 316 g/mol. The van der Waals surface area contributed by atoms with Gasteiger partial charge in [0.15, 0.2) is 0 Å². The molecule has 0 spiro atoms. The third-order valence-electron chi connectivity index (χ3n) is 2.33. The van der Waals surface area contributed by atoms with E-state index in [1.54, 1.807) is 18.2 Å². The van der Waals surface area contributed by atoms with Gasteiger partial charge in [0.1, 0.15) is 16.8 Å². The third kappa shape index (κ3) is 2.82. The van der Waals surface area contributed by atoms with Gasteiger partial charge < -0.3 is 0 Å². The Morgan fingerprint density at radius 1 is 1.29 bits per heavy atom. The largest absolute Gasteiger partial charge is 0.237 e. The third-order valence-corrected chi connectivity index (χ3v) is 3.78. The highest BCUT2D eigenvalue weighted by molar-refractivity contribution is 9.10. The minimum Gasteiger partial charge on any atom is -0.237 e. The number of nitrogens with zero attached hydrogens (tertiary/aromatic N) is 2. The highest BCUT2D eigenvalue weighted by Gasteiger charge is 2.09. The summed E-state index contributed by atoms with van der Waals surface area (Å²) >= 11 is 9.22. The van der Waals surface area contributed by atoms with Crippen molar-refractivity contribution in [3.05, 3.63) is 56.8 Å². The van der Waals surface area contributed by atoms with E-state index in [0.717, 1.165) is 5.69 Å². The quantitative estimate of drug-likeness (QED) is 0.785. The molecule has 0 N–H and O–H groups in total. The van der Waals surface area contributed by atoms with Crippen molar-refractivity contribution in [2.75, 3.05) is 0 Å². The molecule has 0 aliphatic rings. The normalized spacial score (nSPS) is 10.6. The first-order valence-electron chi connectivity index (χ1n) is 5.00. The molecule has 0 aliphatic carbocycles. The molecule has 1 aromatic heterocycles. The number of benzene rings is 1. The highest BCUT2D eigenvalue weighted by atomic mass is 79.9. The van der Waals surface area contributed by atoms with Gasteiger partial charge in [0.2, 0.25) is 0 Å². The van der Waals surface area contributed by atoms with Gasteiger partial charge in [0.25, 0.3) is 0 Å². The second-order valence-electron chi connectivity index (χ2n) is 3.60. The van der Waals surface area contributed by atoms with Crippen molar-refractivity contribution in [2.24, 2.45) is 0 Å². The number of rotatable bonds is 2. The predicted octanol–water partition coefficient (Wildman–Crippen LogP) is 3.93. The fraction of sp³-hybridized carbons (Fsp3) is 0.167. The van der Waals surface area contributed by atoms with Crippen LogP contribution in [0.15, 0.2) is 28.7 Å². The molecular weight excluding hydrogens is 307 g/mol.